The summed E-state index contributed by atoms with van der Waals surface area (Å²) >= 11 is 0. The number of carbonyl (C=O) groups is 3. The van der Waals surface area contributed by atoms with Crippen LogP contribution in [0.4, 0.5) is 4.79 Å². The van der Waals surface area contributed by atoms with Crippen molar-refractivity contribution in [3.63, 3.8) is 0 Å². The molecule has 31 heavy (non-hydrogen) atoms. The Morgan fingerprint density at radius 3 is 2.23 bits per heavy atom. The third kappa shape index (κ3) is 6.41. The Bertz CT molecular complexity index is 881. The highest BCUT2D eigenvalue weighted by Gasteiger charge is 2.39. The van der Waals surface area contributed by atoms with Gasteiger partial charge in [-0.25, -0.2) is 9.69 Å². The minimum Gasteiger partial charge on any atom is -0.461 e. The van der Waals surface area contributed by atoms with Crippen molar-refractivity contribution in [2.75, 3.05) is 6.61 Å². The summed E-state index contributed by atoms with van der Waals surface area (Å²) in [4.78, 5) is 38.8. The van der Waals surface area contributed by atoms with E-state index in [0.29, 0.717) is 6.42 Å². The molecule has 0 radical (unpaired) electrons. The minimum atomic E-state index is -0.611. The van der Waals surface area contributed by atoms with Gasteiger partial charge < -0.3 is 9.47 Å². The minimum absolute atomic E-state index is 0.0828. The van der Waals surface area contributed by atoms with Gasteiger partial charge in [-0.2, -0.15) is 0 Å². The van der Waals surface area contributed by atoms with Gasteiger partial charge in [-0.3, -0.25) is 9.59 Å². The van der Waals surface area contributed by atoms with E-state index in [1.165, 1.54) is 4.90 Å². The Morgan fingerprint density at radius 2 is 1.61 bits per heavy atom. The monoisotopic (exact) mass is 423 g/mol. The highest BCUT2D eigenvalue weighted by atomic mass is 16.6. The number of imide groups is 1. The van der Waals surface area contributed by atoms with Crippen LogP contribution in [0.1, 0.15) is 37.8 Å². The van der Waals surface area contributed by atoms with Crippen molar-refractivity contribution in [2.24, 2.45) is 11.8 Å². The molecule has 6 heteroatoms. The van der Waals surface area contributed by atoms with Gasteiger partial charge in [-0.1, -0.05) is 74.5 Å². The molecule has 1 heterocycles. The number of esters is 1. The van der Waals surface area contributed by atoms with Gasteiger partial charge >= 0.3 is 12.1 Å². The first kappa shape index (κ1) is 22.5. The number of hydrogen-bond acceptors (Lipinski definition) is 5. The second-order valence-electron chi connectivity index (χ2n) is 8.24. The summed E-state index contributed by atoms with van der Waals surface area (Å²) in [6, 6.07) is 18.8. The molecule has 6 nitrogen and oxygen atoms in total. The fourth-order valence-electron chi connectivity index (χ4n) is 3.68. The first-order chi connectivity index (χ1) is 14.9. The van der Waals surface area contributed by atoms with Crippen molar-refractivity contribution in [1.29, 1.82) is 0 Å². The van der Waals surface area contributed by atoms with E-state index in [2.05, 4.69) is 0 Å². The standard InChI is InChI=1S/C25H29NO5/c1-18(2)21(15-24(28)30-16-20-11-7-4-8-12-20)14-23(27)26-22(17-31-25(26)29)13-19-9-5-3-6-10-19/h3-12,18,21-22H,13-17H2,1-2H3/t21-,22+/m1/s1. The molecule has 1 fully saturated rings. The van der Waals surface area contributed by atoms with Crippen molar-refractivity contribution in [3.8, 4) is 0 Å². The number of hydrogen-bond donors (Lipinski definition) is 0. The predicted octanol–water partition coefficient (Wildman–Crippen LogP) is 4.37. The van der Waals surface area contributed by atoms with Crippen molar-refractivity contribution < 1.29 is 23.9 Å². The van der Waals surface area contributed by atoms with Crippen LogP contribution in [0.3, 0.4) is 0 Å². The molecule has 1 aliphatic heterocycles. The van der Waals surface area contributed by atoms with E-state index in [1.54, 1.807) is 0 Å². The van der Waals surface area contributed by atoms with Crippen LogP contribution in [-0.2, 0) is 32.1 Å². The average Bonchev–Trinajstić information content (AvgIpc) is 3.13. The second-order valence-corrected chi connectivity index (χ2v) is 8.24. The zero-order chi connectivity index (χ0) is 22.2. The van der Waals surface area contributed by atoms with E-state index < -0.39 is 6.09 Å². The van der Waals surface area contributed by atoms with Crippen molar-refractivity contribution in [2.45, 2.75) is 45.8 Å². The summed E-state index contributed by atoms with van der Waals surface area (Å²) in [6.45, 7) is 4.32. The van der Waals surface area contributed by atoms with Crippen LogP contribution in [0, 0.1) is 11.8 Å². The Balaban J connectivity index is 1.58. The normalized spacial score (nSPS) is 16.8. The zero-order valence-corrected chi connectivity index (χ0v) is 18.0. The number of rotatable bonds is 9. The Hall–Kier alpha value is -3.15. The van der Waals surface area contributed by atoms with Gasteiger partial charge in [0.1, 0.15) is 13.2 Å². The highest BCUT2D eigenvalue weighted by Crippen LogP contribution is 2.25. The Labute approximate surface area is 183 Å². The molecule has 1 aliphatic rings. The van der Waals surface area contributed by atoms with E-state index in [-0.39, 0.29) is 55.8 Å². The SMILES string of the molecule is CC(C)[C@@H](CC(=O)OCc1ccccc1)CC(=O)N1C(=O)OC[C@@H]1Cc1ccccc1. The van der Waals surface area contributed by atoms with Crippen molar-refractivity contribution in [1.82, 2.24) is 4.90 Å². The van der Waals surface area contributed by atoms with Crippen molar-refractivity contribution >= 4 is 18.0 Å². The van der Waals surface area contributed by atoms with Crippen LogP contribution in [0.15, 0.2) is 60.7 Å². The lowest BCUT2D eigenvalue weighted by molar-refractivity contribution is -0.146. The summed E-state index contributed by atoms with van der Waals surface area (Å²) < 4.78 is 10.5. The largest absolute Gasteiger partial charge is 0.461 e. The van der Waals surface area contributed by atoms with Crippen LogP contribution in [-0.4, -0.2) is 35.5 Å². The molecule has 2 atom stereocenters. The van der Waals surface area contributed by atoms with Gasteiger partial charge in [-0.05, 0) is 29.4 Å². The number of cyclic esters (lactones) is 1. The van der Waals surface area contributed by atoms with Crippen LogP contribution >= 0.6 is 0 Å². The summed E-state index contributed by atoms with van der Waals surface area (Å²) in [5, 5.41) is 0. The van der Waals surface area contributed by atoms with E-state index in [9.17, 15) is 14.4 Å². The fraction of sp³-hybridized carbons (Fsp3) is 0.400. The van der Waals surface area contributed by atoms with Gasteiger partial charge in [-0.15, -0.1) is 0 Å². The molecule has 2 aromatic carbocycles. The quantitative estimate of drug-likeness (QED) is 0.560. The maximum absolute atomic E-state index is 13.0. The smallest absolute Gasteiger partial charge is 0.416 e. The van der Waals surface area contributed by atoms with Crippen LogP contribution < -0.4 is 0 Å². The van der Waals surface area contributed by atoms with Gasteiger partial charge in [0.05, 0.1) is 6.04 Å². The maximum atomic E-state index is 13.0. The molecule has 0 unspecified atom stereocenters. The molecule has 0 N–H and O–H groups in total. The molecule has 2 amide bonds. The van der Waals surface area contributed by atoms with Crippen LogP contribution in [0.2, 0.25) is 0 Å². The van der Waals surface area contributed by atoms with Crippen LogP contribution in [0.5, 0.6) is 0 Å². The Morgan fingerprint density at radius 1 is 1.00 bits per heavy atom. The second kappa shape index (κ2) is 10.8. The summed E-state index contributed by atoms with van der Waals surface area (Å²) in [6.07, 6.45) is 0.158. The molecular formula is C25H29NO5. The molecule has 3 rings (SSSR count). The average molecular weight is 424 g/mol. The predicted molar refractivity (Wildman–Crippen MR) is 116 cm³/mol. The number of amides is 2. The molecule has 2 aromatic rings. The number of benzene rings is 2. The third-order valence-corrected chi connectivity index (χ3v) is 5.60. The molecule has 164 valence electrons. The van der Waals surface area contributed by atoms with E-state index in [4.69, 9.17) is 9.47 Å². The Kier molecular flexibility index (Phi) is 7.82. The molecular weight excluding hydrogens is 394 g/mol. The number of ether oxygens (including phenoxy) is 2. The fourth-order valence-corrected chi connectivity index (χ4v) is 3.68. The van der Waals surface area contributed by atoms with Crippen molar-refractivity contribution in [3.05, 3.63) is 71.8 Å². The summed E-state index contributed by atoms with van der Waals surface area (Å²) in [5.41, 5.74) is 1.95. The van der Waals surface area contributed by atoms with Gasteiger partial charge in [0.15, 0.2) is 0 Å². The molecule has 0 saturated carbocycles. The highest BCUT2D eigenvalue weighted by molar-refractivity contribution is 5.93. The number of carbonyl (C=O) groups excluding carboxylic acids is 3. The van der Waals surface area contributed by atoms with Gasteiger partial charge in [0.25, 0.3) is 0 Å². The zero-order valence-electron chi connectivity index (χ0n) is 18.0. The lowest BCUT2D eigenvalue weighted by Crippen LogP contribution is -2.41. The first-order valence-corrected chi connectivity index (χ1v) is 10.7. The van der Waals surface area contributed by atoms with Gasteiger partial charge in [0, 0.05) is 12.8 Å². The number of nitrogens with zero attached hydrogens (tertiary/aromatic N) is 1. The molecule has 0 aromatic heterocycles. The molecule has 0 bridgehead atoms. The summed E-state index contributed by atoms with van der Waals surface area (Å²) in [5.74, 6) is -0.792. The first-order valence-electron chi connectivity index (χ1n) is 10.7. The molecule has 1 saturated heterocycles. The third-order valence-electron chi connectivity index (χ3n) is 5.60. The van der Waals surface area contributed by atoms with E-state index in [0.717, 1.165) is 11.1 Å². The van der Waals surface area contributed by atoms with Gasteiger partial charge in [0.2, 0.25) is 5.91 Å². The maximum Gasteiger partial charge on any atom is 0.416 e. The molecule has 0 aliphatic carbocycles. The van der Waals surface area contributed by atoms with E-state index in [1.807, 2.05) is 74.5 Å². The lowest BCUT2D eigenvalue weighted by atomic mass is 9.88. The van der Waals surface area contributed by atoms with Crippen LogP contribution in [0.25, 0.3) is 0 Å². The van der Waals surface area contributed by atoms with E-state index >= 15 is 0 Å². The topological polar surface area (TPSA) is 72.9 Å². The summed E-state index contributed by atoms with van der Waals surface area (Å²) in [7, 11) is 0. The lowest BCUT2D eigenvalue weighted by Gasteiger charge is -2.24. The molecule has 0 spiro atoms.